The summed E-state index contributed by atoms with van der Waals surface area (Å²) in [5, 5.41) is 11.6. The molecule has 0 aliphatic carbocycles. The summed E-state index contributed by atoms with van der Waals surface area (Å²) in [7, 11) is 0. The van der Waals surface area contributed by atoms with Crippen molar-refractivity contribution in [2.45, 2.75) is 25.3 Å². The van der Waals surface area contributed by atoms with E-state index in [1.165, 1.54) is 11.1 Å². The summed E-state index contributed by atoms with van der Waals surface area (Å²) in [5.74, 6) is -2.59. The van der Waals surface area contributed by atoms with E-state index >= 15 is 0 Å². The molecule has 4 heterocycles. The molecule has 0 radical (unpaired) electrons. The number of nitrogens with one attached hydrogen (secondary N) is 1. The molecule has 1 fully saturated rings. The fourth-order valence-electron chi connectivity index (χ4n) is 3.29. The molecule has 4 rings (SSSR count). The van der Waals surface area contributed by atoms with E-state index in [-0.39, 0.29) is 38.4 Å². The standard InChI is InChI=1S/C20H18F2N4O4/c21-20(22)3-5-26(6-4-20)18(27)12-1-2-16(23-9-12)14-7-13-8-15(11-25-19(28)29)30-17(13)24-10-14/h1-2,7-10,25H,3-6,11H2,(H,28,29). The van der Waals surface area contributed by atoms with Crippen LogP contribution in [0.3, 0.4) is 0 Å². The van der Waals surface area contributed by atoms with Gasteiger partial charge in [-0.3, -0.25) is 9.78 Å². The summed E-state index contributed by atoms with van der Waals surface area (Å²) in [6, 6.07) is 6.76. The van der Waals surface area contributed by atoms with Crippen LogP contribution in [0.2, 0.25) is 0 Å². The highest BCUT2D eigenvalue weighted by Gasteiger charge is 2.35. The minimum atomic E-state index is -2.71. The number of carbonyl (C=O) groups excluding carboxylic acids is 1. The molecule has 10 heteroatoms. The minimum Gasteiger partial charge on any atom is -0.465 e. The summed E-state index contributed by atoms with van der Waals surface area (Å²) in [6.45, 7) is 0.0694. The third-order valence-electron chi connectivity index (χ3n) is 4.93. The number of likely N-dealkylation sites (tertiary alicyclic amines) is 1. The fourth-order valence-corrected chi connectivity index (χ4v) is 3.29. The van der Waals surface area contributed by atoms with Crippen LogP contribution in [0.4, 0.5) is 13.6 Å². The third kappa shape index (κ3) is 4.22. The first-order valence-electron chi connectivity index (χ1n) is 9.29. The average Bonchev–Trinajstić information content (AvgIpc) is 3.14. The maximum Gasteiger partial charge on any atom is 0.405 e. The van der Waals surface area contributed by atoms with Crippen molar-refractivity contribution in [2.75, 3.05) is 13.1 Å². The summed E-state index contributed by atoms with van der Waals surface area (Å²) in [5.41, 5.74) is 1.98. The predicted octanol–water partition coefficient (Wildman–Crippen LogP) is 3.53. The minimum absolute atomic E-state index is 0.0216. The molecule has 0 bridgehead atoms. The van der Waals surface area contributed by atoms with Crippen LogP contribution < -0.4 is 5.32 Å². The monoisotopic (exact) mass is 416 g/mol. The Morgan fingerprint density at radius 1 is 1.17 bits per heavy atom. The van der Waals surface area contributed by atoms with Gasteiger partial charge in [0.15, 0.2) is 0 Å². The van der Waals surface area contributed by atoms with E-state index in [2.05, 4.69) is 15.3 Å². The van der Waals surface area contributed by atoms with Gasteiger partial charge in [0.2, 0.25) is 5.71 Å². The number of hydrogen-bond acceptors (Lipinski definition) is 5. The highest BCUT2D eigenvalue weighted by molar-refractivity contribution is 5.94. The number of halogens is 2. The van der Waals surface area contributed by atoms with Gasteiger partial charge in [-0.25, -0.2) is 18.6 Å². The molecule has 0 spiro atoms. The summed E-state index contributed by atoms with van der Waals surface area (Å²) in [6.07, 6.45) is 1.18. The first-order valence-corrected chi connectivity index (χ1v) is 9.29. The van der Waals surface area contributed by atoms with E-state index in [4.69, 9.17) is 9.52 Å². The maximum absolute atomic E-state index is 13.3. The van der Waals surface area contributed by atoms with Crippen LogP contribution in [-0.4, -0.2) is 51.0 Å². The van der Waals surface area contributed by atoms with Crippen molar-refractivity contribution in [1.82, 2.24) is 20.2 Å². The zero-order chi connectivity index (χ0) is 21.3. The lowest BCUT2D eigenvalue weighted by atomic mass is 10.1. The van der Waals surface area contributed by atoms with Crippen LogP contribution in [0.1, 0.15) is 29.0 Å². The summed E-state index contributed by atoms with van der Waals surface area (Å²) < 4.78 is 32.0. The van der Waals surface area contributed by atoms with Crippen LogP contribution in [0.25, 0.3) is 22.4 Å². The number of nitrogens with zero attached hydrogens (tertiary/aromatic N) is 3. The van der Waals surface area contributed by atoms with Crippen molar-refractivity contribution in [1.29, 1.82) is 0 Å². The number of alkyl halides is 2. The Kier molecular flexibility index (Phi) is 5.06. The molecule has 0 unspecified atom stereocenters. The number of piperidine rings is 1. The molecule has 2 amide bonds. The average molecular weight is 416 g/mol. The number of furan rings is 1. The molecule has 3 aromatic rings. The lowest BCUT2D eigenvalue weighted by Crippen LogP contribution is -2.42. The van der Waals surface area contributed by atoms with E-state index in [0.29, 0.717) is 33.7 Å². The van der Waals surface area contributed by atoms with Crippen molar-refractivity contribution in [3.63, 3.8) is 0 Å². The van der Waals surface area contributed by atoms with Gasteiger partial charge in [-0.05, 0) is 24.3 Å². The first-order chi connectivity index (χ1) is 14.3. The van der Waals surface area contributed by atoms with Crippen molar-refractivity contribution in [3.8, 4) is 11.3 Å². The summed E-state index contributed by atoms with van der Waals surface area (Å²) >= 11 is 0. The molecule has 156 valence electrons. The first kappa shape index (κ1) is 19.7. The summed E-state index contributed by atoms with van der Waals surface area (Å²) in [4.78, 5) is 33.1. The van der Waals surface area contributed by atoms with Gasteiger partial charge in [0, 0.05) is 49.3 Å². The van der Waals surface area contributed by atoms with Crippen molar-refractivity contribution in [2.24, 2.45) is 0 Å². The quantitative estimate of drug-likeness (QED) is 0.674. The largest absolute Gasteiger partial charge is 0.465 e. The number of aromatic nitrogens is 2. The Labute approximate surface area is 169 Å². The lowest BCUT2D eigenvalue weighted by molar-refractivity contribution is -0.0494. The Bertz CT molecular complexity index is 1090. The Morgan fingerprint density at radius 2 is 1.93 bits per heavy atom. The SMILES string of the molecule is O=C(O)NCc1cc2cc(-c3ccc(C(=O)N4CCC(F)(F)CC4)cn3)cnc2o1. The predicted molar refractivity (Wildman–Crippen MR) is 102 cm³/mol. The molecule has 8 nitrogen and oxygen atoms in total. The number of carbonyl (C=O) groups is 2. The second kappa shape index (κ2) is 7.69. The van der Waals surface area contributed by atoms with E-state index in [1.807, 2.05) is 0 Å². The maximum atomic E-state index is 13.3. The van der Waals surface area contributed by atoms with Gasteiger partial charge < -0.3 is 19.7 Å². The van der Waals surface area contributed by atoms with Gasteiger partial charge >= 0.3 is 6.09 Å². The second-order valence-electron chi connectivity index (χ2n) is 7.07. The molecule has 2 N–H and O–H groups in total. The van der Waals surface area contributed by atoms with Crippen molar-refractivity contribution in [3.05, 3.63) is 48.0 Å². The molecular formula is C20H18F2N4O4. The Morgan fingerprint density at radius 3 is 2.60 bits per heavy atom. The molecule has 0 aromatic carbocycles. The zero-order valence-electron chi connectivity index (χ0n) is 15.8. The molecule has 3 aromatic heterocycles. The Hall–Kier alpha value is -3.56. The fraction of sp³-hybridized carbons (Fsp3) is 0.300. The van der Waals surface area contributed by atoms with E-state index in [1.54, 1.807) is 30.5 Å². The van der Waals surface area contributed by atoms with Gasteiger partial charge in [-0.1, -0.05) is 0 Å². The van der Waals surface area contributed by atoms with Crippen LogP contribution in [-0.2, 0) is 6.54 Å². The normalized spacial score (nSPS) is 15.9. The number of rotatable bonds is 4. The smallest absolute Gasteiger partial charge is 0.405 e. The van der Waals surface area contributed by atoms with Gasteiger partial charge in [-0.15, -0.1) is 0 Å². The van der Waals surface area contributed by atoms with E-state index in [9.17, 15) is 18.4 Å². The zero-order valence-corrected chi connectivity index (χ0v) is 15.8. The number of pyridine rings is 2. The molecule has 1 aliphatic heterocycles. The number of amides is 2. The molecule has 30 heavy (non-hydrogen) atoms. The number of carboxylic acid groups (broad SMARTS) is 1. The molecule has 1 saturated heterocycles. The van der Waals surface area contributed by atoms with Crippen LogP contribution in [0, 0.1) is 0 Å². The highest BCUT2D eigenvalue weighted by Crippen LogP contribution is 2.29. The van der Waals surface area contributed by atoms with Gasteiger partial charge in [0.05, 0.1) is 17.8 Å². The van der Waals surface area contributed by atoms with Gasteiger partial charge in [0.1, 0.15) is 5.76 Å². The number of fused-ring (bicyclic) bond motifs is 1. The third-order valence-corrected chi connectivity index (χ3v) is 4.93. The topological polar surface area (TPSA) is 109 Å². The van der Waals surface area contributed by atoms with Crippen molar-refractivity contribution < 1.29 is 27.9 Å². The number of hydrogen-bond donors (Lipinski definition) is 2. The van der Waals surface area contributed by atoms with E-state index in [0.717, 1.165) is 0 Å². The van der Waals surface area contributed by atoms with Crippen LogP contribution >= 0.6 is 0 Å². The molecule has 0 saturated carbocycles. The van der Waals surface area contributed by atoms with Crippen LogP contribution in [0.15, 0.2) is 41.1 Å². The highest BCUT2D eigenvalue weighted by atomic mass is 19.3. The Balaban J connectivity index is 1.48. The molecular weight excluding hydrogens is 398 g/mol. The van der Waals surface area contributed by atoms with Crippen LogP contribution in [0.5, 0.6) is 0 Å². The van der Waals surface area contributed by atoms with Gasteiger partial charge in [0.25, 0.3) is 11.8 Å². The lowest BCUT2D eigenvalue weighted by Gasteiger charge is -2.31. The van der Waals surface area contributed by atoms with E-state index < -0.39 is 12.0 Å². The second-order valence-corrected chi connectivity index (χ2v) is 7.07. The molecule has 0 atom stereocenters. The van der Waals surface area contributed by atoms with Crippen molar-refractivity contribution >= 4 is 23.1 Å². The van der Waals surface area contributed by atoms with Gasteiger partial charge in [-0.2, -0.15) is 0 Å². The molecule has 1 aliphatic rings.